The van der Waals surface area contributed by atoms with Crippen molar-refractivity contribution in [3.63, 3.8) is 0 Å². The second-order valence-electron chi connectivity index (χ2n) is 4.83. The van der Waals surface area contributed by atoms with E-state index >= 15 is 0 Å². The van der Waals surface area contributed by atoms with Gasteiger partial charge in [0.15, 0.2) is 11.5 Å². The zero-order chi connectivity index (χ0) is 18.7. The monoisotopic (exact) mass is 374 g/mol. The summed E-state index contributed by atoms with van der Waals surface area (Å²) in [6.07, 6.45) is -4.72. The van der Waals surface area contributed by atoms with Crippen LogP contribution in [0.5, 0.6) is 11.5 Å². The Balaban J connectivity index is 2.27. The van der Waals surface area contributed by atoms with Crippen molar-refractivity contribution in [2.75, 3.05) is 0 Å². The molecular weight excluding hydrogens is 361 g/mol. The summed E-state index contributed by atoms with van der Waals surface area (Å²) in [4.78, 5) is 11.5. The zero-order valence-corrected chi connectivity index (χ0v) is 13.7. The number of carbonyl (C=O) groups is 1. The standard InChI is InChI=1S/C16H13F3O5S/c1-2-14(20)13-5-3-4-6-15(13)24-25(21,22)12-9-7-11(8-10-12)23-16(17,18)19/h3-10H,2H2,1H3. The number of benzene rings is 2. The van der Waals surface area contributed by atoms with Crippen molar-refractivity contribution in [2.45, 2.75) is 24.6 Å². The zero-order valence-electron chi connectivity index (χ0n) is 12.9. The minimum Gasteiger partial charge on any atom is -0.406 e. The molecule has 5 nitrogen and oxygen atoms in total. The van der Waals surface area contributed by atoms with Gasteiger partial charge < -0.3 is 8.92 Å². The first-order valence-corrected chi connectivity index (χ1v) is 8.46. The van der Waals surface area contributed by atoms with Crippen LogP contribution in [0.3, 0.4) is 0 Å². The fourth-order valence-corrected chi connectivity index (χ4v) is 2.88. The molecular formula is C16H13F3O5S. The minimum absolute atomic E-state index is 0.102. The lowest BCUT2D eigenvalue weighted by Gasteiger charge is -2.11. The second-order valence-corrected chi connectivity index (χ2v) is 6.38. The third kappa shape index (κ3) is 4.96. The Kier molecular flexibility index (Phi) is 5.36. The van der Waals surface area contributed by atoms with Gasteiger partial charge in [-0.3, -0.25) is 4.79 Å². The van der Waals surface area contributed by atoms with Crippen LogP contribution in [0.4, 0.5) is 13.2 Å². The van der Waals surface area contributed by atoms with Crippen molar-refractivity contribution in [1.29, 1.82) is 0 Å². The molecule has 0 aromatic heterocycles. The highest BCUT2D eigenvalue weighted by Crippen LogP contribution is 2.27. The van der Waals surface area contributed by atoms with E-state index in [4.69, 9.17) is 4.18 Å². The molecule has 0 bridgehead atoms. The number of rotatable bonds is 6. The fourth-order valence-electron chi connectivity index (χ4n) is 1.93. The highest BCUT2D eigenvalue weighted by Gasteiger charge is 2.31. The topological polar surface area (TPSA) is 69.7 Å². The lowest BCUT2D eigenvalue weighted by molar-refractivity contribution is -0.274. The van der Waals surface area contributed by atoms with Gasteiger partial charge in [-0.15, -0.1) is 13.2 Å². The van der Waals surface area contributed by atoms with Crippen LogP contribution in [0, 0.1) is 0 Å². The number of hydrogen-bond donors (Lipinski definition) is 0. The van der Waals surface area contributed by atoms with Gasteiger partial charge in [0.05, 0.1) is 5.56 Å². The van der Waals surface area contributed by atoms with E-state index in [1.165, 1.54) is 18.2 Å². The van der Waals surface area contributed by atoms with Gasteiger partial charge in [0.2, 0.25) is 0 Å². The highest BCUT2D eigenvalue weighted by molar-refractivity contribution is 7.87. The molecule has 0 fully saturated rings. The van der Waals surface area contributed by atoms with Crippen LogP contribution < -0.4 is 8.92 Å². The van der Waals surface area contributed by atoms with Crippen LogP contribution in [0.25, 0.3) is 0 Å². The maximum atomic E-state index is 12.3. The SMILES string of the molecule is CCC(=O)c1ccccc1OS(=O)(=O)c1ccc(OC(F)(F)F)cc1. The molecule has 0 aliphatic carbocycles. The number of halogens is 3. The van der Waals surface area contributed by atoms with E-state index in [0.29, 0.717) is 0 Å². The molecule has 0 aliphatic heterocycles. The van der Waals surface area contributed by atoms with Gasteiger partial charge in [-0.05, 0) is 36.4 Å². The summed E-state index contributed by atoms with van der Waals surface area (Å²) in [6, 6.07) is 9.35. The van der Waals surface area contributed by atoms with E-state index in [1.807, 2.05) is 0 Å². The van der Waals surface area contributed by atoms with Crippen molar-refractivity contribution in [2.24, 2.45) is 0 Å². The molecule has 0 radical (unpaired) electrons. The first-order chi connectivity index (χ1) is 11.6. The summed E-state index contributed by atoms with van der Waals surface area (Å²) in [5.41, 5.74) is 0.102. The molecule has 9 heteroatoms. The molecule has 134 valence electrons. The van der Waals surface area contributed by atoms with Crippen LogP contribution in [0.15, 0.2) is 53.4 Å². The largest absolute Gasteiger partial charge is 0.573 e. The average Bonchev–Trinajstić information content (AvgIpc) is 2.53. The molecule has 25 heavy (non-hydrogen) atoms. The van der Waals surface area contributed by atoms with Gasteiger partial charge in [0.1, 0.15) is 10.6 Å². The van der Waals surface area contributed by atoms with E-state index in [9.17, 15) is 26.4 Å². The summed E-state index contributed by atoms with van der Waals surface area (Å²) in [6.45, 7) is 1.62. The third-order valence-corrected chi connectivity index (χ3v) is 4.30. The van der Waals surface area contributed by atoms with E-state index in [0.717, 1.165) is 24.3 Å². The van der Waals surface area contributed by atoms with Crippen molar-refractivity contribution < 1.29 is 35.3 Å². The van der Waals surface area contributed by atoms with Crippen LogP contribution in [0.2, 0.25) is 0 Å². The summed E-state index contributed by atoms with van der Waals surface area (Å²) < 4.78 is 69.5. The number of ketones is 1. The number of ether oxygens (including phenoxy) is 1. The van der Waals surface area contributed by atoms with Gasteiger partial charge in [-0.1, -0.05) is 19.1 Å². The fraction of sp³-hybridized carbons (Fsp3) is 0.188. The van der Waals surface area contributed by atoms with Crippen LogP contribution in [0.1, 0.15) is 23.7 Å². The average molecular weight is 374 g/mol. The molecule has 0 saturated carbocycles. The Morgan fingerprint density at radius 2 is 1.64 bits per heavy atom. The van der Waals surface area contributed by atoms with Crippen molar-refractivity contribution in [3.05, 3.63) is 54.1 Å². The predicted octanol–water partition coefficient (Wildman–Crippen LogP) is 3.95. The molecule has 2 aromatic carbocycles. The summed E-state index contributed by atoms with van der Waals surface area (Å²) in [5.74, 6) is -1.02. The molecule has 0 N–H and O–H groups in total. The van der Waals surface area contributed by atoms with Crippen LogP contribution in [-0.2, 0) is 10.1 Å². The van der Waals surface area contributed by atoms with Crippen LogP contribution in [-0.4, -0.2) is 20.6 Å². The first-order valence-electron chi connectivity index (χ1n) is 7.05. The Morgan fingerprint density at radius 1 is 1.04 bits per heavy atom. The molecule has 2 rings (SSSR count). The number of hydrogen-bond acceptors (Lipinski definition) is 5. The molecule has 0 saturated heterocycles. The maximum Gasteiger partial charge on any atom is 0.573 e. The first kappa shape index (κ1) is 18.8. The molecule has 0 atom stereocenters. The summed E-state index contributed by atoms with van der Waals surface area (Å²) in [5, 5.41) is 0. The lowest BCUT2D eigenvalue weighted by atomic mass is 10.1. The van der Waals surface area contributed by atoms with E-state index in [-0.39, 0.29) is 28.4 Å². The minimum atomic E-state index is -4.88. The number of alkyl halides is 3. The molecule has 0 spiro atoms. The van der Waals surface area contributed by atoms with E-state index in [2.05, 4.69) is 4.74 Å². The smallest absolute Gasteiger partial charge is 0.406 e. The highest BCUT2D eigenvalue weighted by atomic mass is 32.2. The molecule has 2 aromatic rings. The number of Topliss-reactive ketones (excluding diaryl/α,β-unsaturated/α-hetero) is 1. The van der Waals surface area contributed by atoms with E-state index < -0.39 is 22.2 Å². The Morgan fingerprint density at radius 3 is 2.20 bits per heavy atom. The van der Waals surface area contributed by atoms with Gasteiger partial charge in [-0.25, -0.2) is 0 Å². The maximum absolute atomic E-state index is 12.3. The summed E-state index contributed by atoms with van der Waals surface area (Å²) >= 11 is 0. The second kappa shape index (κ2) is 7.14. The van der Waals surface area contributed by atoms with Crippen molar-refractivity contribution in [3.8, 4) is 11.5 Å². The van der Waals surface area contributed by atoms with Gasteiger partial charge in [0.25, 0.3) is 0 Å². The predicted molar refractivity (Wildman–Crippen MR) is 82.0 cm³/mol. The normalized spacial score (nSPS) is 11.8. The number of carbonyl (C=O) groups excluding carboxylic acids is 1. The van der Waals surface area contributed by atoms with E-state index in [1.54, 1.807) is 13.0 Å². The Bertz CT molecular complexity index is 858. The lowest BCUT2D eigenvalue weighted by Crippen LogP contribution is -2.17. The van der Waals surface area contributed by atoms with Crippen LogP contribution >= 0.6 is 0 Å². The molecule has 0 aliphatic rings. The number of para-hydroxylation sites is 1. The quantitative estimate of drug-likeness (QED) is 0.566. The summed E-state index contributed by atoms with van der Waals surface area (Å²) in [7, 11) is -4.33. The van der Waals surface area contributed by atoms with Gasteiger partial charge >= 0.3 is 16.5 Å². The van der Waals surface area contributed by atoms with Crippen molar-refractivity contribution in [1.82, 2.24) is 0 Å². The van der Waals surface area contributed by atoms with Gasteiger partial charge in [0, 0.05) is 6.42 Å². The van der Waals surface area contributed by atoms with Gasteiger partial charge in [-0.2, -0.15) is 8.42 Å². The Hall–Kier alpha value is -2.55. The molecule has 0 unspecified atom stereocenters. The molecule has 0 amide bonds. The van der Waals surface area contributed by atoms with Crippen molar-refractivity contribution >= 4 is 15.9 Å². The third-order valence-electron chi connectivity index (χ3n) is 3.05. The molecule has 0 heterocycles. The Labute approximate surface area is 142 Å².